The molecule has 9 heteroatoms. The highest BCUT2D eigenvalue weighted by atomic mass is 35.5. The van der Waals surface area contributed by atoms with E-state index in [1.807, 2.05) is 29.8 Å². The summed E-state index contributed by atoms with van der Waals surface area (Å²) in [7, 11) is 0. The van der Waals surface area contributed by atoms with E-state index in [9.17, 15) is 9.18 Å². The van der Waals surface area contributed by atoms with Gasteiger partial charge in [0.15, 0.2) is 5.13 Å². The molecule has 1 amide bonds. The Morgan fingerprint density at radius 2 is 2.10 bits per heavy atom. The third-order valence-electron chi connectivity index (χ3n) is 4.70. The minimum absolute atomic E-state index is 0.0391. The average molecular weight is 475 g/mol. The van der Waals surface area contributed by atoms with Crippen molar-refractivity contribution < 1.29 is 9.18 Å². The number of hydrogen-bond acceptors (Lipinski definition) is 5. The number of thioether (sulfide) groups is 1. The highest BCUT2D eigenvalue weighted by Crippen LogP contribution is 2.33. The molecule has 2 heterocycles. The van der Waals surface area contributed by atoms with Crippen molar-refractivity contribution in [3.05, 3.63) is 71.5 Å². The third kappa shape index (κ3) is 5.44. The minimum Gasteiger partial charge on any atom is -0.337 e. The number of carbonyl (C=O) groups excluding carboxylic acids is 1. The van der Waals surface area contributed by atoms with Crippen LogP contribution >= 0.6 is 34.7 Å². The smallest absolute Gasteiger partial charge is 0.239 e. The van der Waals surface area contributed by atoms with E-state index < -0.39 is 0 Å². The number of thiazole rings is 1. The first kappa shape index (κ1) is 21.8. The Morgan fingerprint density at radius 1 is 1.29 bits per heavy atom. The number of rotatable bonds is 8. The van der Waals surface area contributed by atoms with Crippen LogP contribution in [0.3, 0.4) is 0 Å². The predicted octanol–water partition coefficient (Wildman–Crippen LogP) is 5.81. The molecule has 0 N–H and O–H groups in total. The first-order valence-electron chi connectivity index (χ1n) is 9.71. The number of aromatic nitrogens is 3. The molecular formula is C22H20ClFN4OS2. The van der Waals surface area contributed by atoms with Crippen LogP contribution in [-0.4, -0.2) is 32.7 Å². The Balaban J connectivity index is 1.53. The van der Waals surface area contributed by atoms with Gasteiger partial charge < -0.3 is 4.57 Å². The van der Waals surface area contributed by atoms with Crippen molar-refractivity contribution in [1.29, 1.82) is 0 Å². The molecule has 0 saturated carbocycles. The number of amides is 1. The lowest BCUT2D eigenvalue weighted by Crippen LogP contribution is -2.33. The van der Waals surface area contributed by atoms with Gasteiger partial charge in [0.2, 0.25) is 5.91 Å². The molecule has 2 aromatic carbocycles. The van der Waals surface area contributed by atoms with Crippen molar-refractivity contribution in [2.45, 2.75) is 24.8 Å². The number of nitrogens with zero attached hydrogens (tertiary/aromatic N) is 4. The van der Waals surface area contributed by atoms with Crippen molar-refractivity contribution >= 4 is 56.0 Å². The second-order valence-corrected chi connectivity index (χ2v) is 9.50. The molecule has 5 nitrogen and oxygen atoms in total. The maximum Gasteiger partial charge on any atom is 0.239 e. The van der Waals surface area contributed by atoms with E-state index in [0.717, 1.165) is 33.6 Å². The van der Waals surface area contributed by atoms with E-state index in [1.165, 1.54) is 35.2 Å². The maximum absolute atomic E-state index is 13.2. The monoisotopic (exact) mass is 474 g/mol. The van der Waals surface area contributed by atoms with Crippen LogP contribution in [0, 0.1) is 12.7 Å². The second kappa shape index (κ2) is 9.80. The summed E-state index contributed by atoms with van der Waals surface area (Å²) in [6.45, 7) is 3.26. The molecule has 0 unspecified atom stereocenters. The SMILES string of the molecule is Cc1cc(Cl)cc2sc(N(CCCn3ccnc3)C(=O)CSc3ccc(F)cc3)nc12. The number of anilines is 1. The summed E-state index contributed by atoms with van der Waals surface area (Å²) in [5, 5.41) is 1.32. The van der Waals surface area contributed by atoms with Gasteiger partial charge in [0.1, 0.15) is 5.82 Å². The molecule has 31 heavy (non-hydrogen) atoms. The molecule has 0 spiro atoms. The number of fused-ring (bicyclic) bond motifs is 1. The van der Waals surface area contributed by atoms with Gasteiger partial charge in [-0.25, -0.2) is 14.4 Å². The van der Waals surface area contributed by atoms with Crippen molar-refractivity contribution in [2.24, 2.45) is 0 Å². The van der Waals surface area contributed by atoms with Crippen LogP contribution in [0.15, 0.2) is 60.0 Å². The van der Waals surface area contributed by atoms with Crippen LogP contribution in [0.5, 0.6) is 0 Å². The first-order chi connectivity index (χ1) is 15.0. The summed E-state index contributed by atoms with van der Waals surface area (Å²) in [5.74, 6) is -0.0881. The number of benzene rings is 2. The lowest BCUT2D eigenvalue weighted by molar-refractivity contribution is -0.116. The van der Waals surface area contributed by atoms with Gasteiger partial charge in [-0.15, -0.1) is 11.8 Å². The first-order valence-corrected chi connectivity index (χ1v) is 11.9. The quantitative estimate of drug-likeness (QED) is 0.302. The molecule has 160 valence electrons. The number of halogens is 2. The van der Waals surface area contributed by atoms with E-state index >= 15 is 0 Å². The summed E-state index contributed by atoms with van der Waals surface area (Å²) >= 11 is 9.06. The lowest BCUT2D eigenvalue weighted by atomic mass is 10.2. The summed E-state index contributed by atoms with van der Waals surface area (Å²) in [4.78, 5) is 24.5. The summed E-state index contributed by atoms with van der Waals surface area (Å²) < 4.78 is 16.1. The third-order valence-corrected chi connectivity index (χ3v) is 6.94. The van der Waals surface area contributed by atoms with Gasteiger partial charge in [0.05, 0.1) is 22.3 Å². The van der Waals surface area contributed by atoms with Crippen molar-refractivity contribution in [3.63, 3.8) is 0 Å². The van der Waals surface area contributed by atoms with Gasteiger partial charge in [-0.3, -0.25) is 9.69 Å². The molecule has 0 aliphatic rings. The van der Waals surface area contributed by atoms with E-state index in [4.69, 9.17) is 16.6 Å². The number of aryl methyl sites for hydroxylation is 2. The molecule has 0 saturated heterocycles. The van der Waals surface area contributed by atoms with E-state index in [-0.39, 0.29) is 17.5 Å². The predicted molar refractivity (Wildman–Crippen MR) is 126 cm³/mol. The standard InChI is InChI=1S/C22H20ClFN4OS2/c1-15-11-16(23)12-19-21(15)26-22(31-19)28(9-2-8-27-10-7-25-14-27)20(29)13-30-18-5-3-17(24)4-6-18/h3-7,10-12,14H,2,8-9,13H2,1H3. The molecule has 0 aliphatic carbocycles. The topological polar surface area (TPSA) is 51.0 Å². The molecule has 4 rings (SSSR count). The summed E-state index contributed by atoms with van der Waals surface area (Å²) in [6, 6.07) is 9.92. The summed E-state index contributed by atoms with van der Waals surface area (Å²) in [5.41, 5.74) is 1.85. The van der Waals surface area contributed by atoms with Gasteiger partial charge in [0.25, 0.3) is 0 Å². The normalized spacial score (nSPS) is 11.2. The van der Waals surface area contributed by atoms with Crippen LogP contribution < -0.4 is 4.90 Å². The van der Waals surface area contributed by atoms with Gasteiger partial charge in [-0.2, -0.15) is 0 Å². The zero-order valence-electron chi connectivity index (χ0n) is 16.8. The van der Waals surface area contributed by atoms with Gasteiger partial charge in [0, 0.05) is 35.4 Å². The van der Waals surface area contributed by atoms with Gasteiger partial charge in [-0.05, 0) is 55.3 Å². The minimum atomic E-state index is -0.291. The van der Waals surface area contributed by atoms with Crippen LogP contribution in [0.2, 0.25) is 5.02 Å². The van der Waals surface area contributed by atoms with Crippen molar-refractivity contribution in [2.75, 3.05) is 17.2 Å². The molecular weight excluding hydrogens is 455 g/mol. The Hall–Kier alpha value is -2.42. The van der Waals surface area contributed by atoms with Crippen LogP contribution in [0.25, 0.3) is 10.2 Å². The number of imidazole rings is 1. The maximum atomic E-state index is 13.2. The highest BCUT2D eigenvalue weighted by molar-refractivity contribution is 8.00. The van der Waals surface area contributed by atoms with Gasteiger partial charge >= 0.3 is 0 Å². The molecule has 4 aromatic rings. The fourth-order valence-electron chi connectivity index (χ4n) is 3.17. The summed E-state index contributed by atoms with van der Waals surface area (Å²) in [6.07, 6.45) is 6.17. The van der Waals surface area contributed by atoms with Crippen LogP contribution in [-0.2, 0) is 11.3 Å². The molecule has 0 aliphatic heterocycles. The average Bonchev–Trinajstić information content (AvgIpc) is 3.40. The van der Waals surface area contributed by atoms with Crippen LogP contribution in [0.4, 0.5) is 9.52 Å². The highest BCUT2D eigenvalue weighted by Gasteiger charge is 2.20. The molecule has 0 radical (unpaired) electrons. The Kier molecular flexibility index (Phi) is 6.89. The van der Waals surface area contributed by atoms with Crippen LogP contribution in [0.1, 0.15) is 12.0 Å². The van der Waals surface area contributed by atoms with Crippen molar-refractivity contribution in [1.82, 2.24) is 14.5 Å². The zero-order valence-corrected chi connectivity index (χ0v) is 19.2. The largest absolute Gasteiger partial charge is 0.337 e. The molecule has 0 fully saturated rings. The van der Waals surface area contributed by atoms with E-state index in [2.05, 4.69) is 4.98 Å². The molecule has 0 atom stereocenters. The molecule has 2 aromatic heterocycles. The fourth-order valence-corrected chi connectivity index (χ4v) is 5.41. The van der Waals surface area contributed by atoms with Gasteiger partial charge in [-0.1, -0.05) is 22.9 Å². The van der Waals surface area contributed by atoms with Crippen molar-refractivity contribution in [3.8, 4) is 0 Å². The number of carbonyl (C=O) groups is 1. The number of hydrogen-bond donors (Lipinski definition) is 0. The second-order valence-electron chi connectivity index (χ2n) is 7.01. The fraction of sp³-hybridized carbons (Fsp3) is 0.227. The van der Waals surface area contributed by atoms with E-state index in [1.54, 1.807) is 29.6 Å². The van der Waals surface area contributed by atoms with E-state index in [0.29, 0.717) is 16.7 Å². The Bertz CT molecular complexity index is 1180. The lowest BCUT2D eigenvalue weighted by Gasteiger charge is -2.20. The Morgan fingerprint density at radius 3 is 2.84 bits per heavy atom. The Labute approximate surface area is 192 Å². The molecule has 0 bridgehead atoms. The zero-order chi connectivity index (χ0) is 21.8.